The molecule has 2 rings (SSSR count). The molecule has 0 unspecified atom stereocenters. The van der Waals surface area contributed by atoms with Crippen LogP contribution in [0.15, 0.2) is 12.1 Å². The molecule has 0 amide bonds. The molecule has 1 aliphatic rings. The molecule has 0 aromatic heterocycles. The molecule has 4 nitrogen and oxygen atoms in total. The summed E-state index contributed by atoms with van der Waals surface area (Å²) in [5, 5.41) is 9.49. The highest BCUT2D eigenvalue weighted by atomic mass is 16.5. The highest BCUT2D eigenvalue weighted by Gasteiger charge is 2.22. The molecule has 0 aliphatic carbocycles. The van der Waals surface area contributed by atoms with E-state index in [1.54, 1.807) is 0 Å². The summed E-state index contributed by atoms with van der Waals surface area (Å²) in [7, 11) is 0. The molecule has 0 saturated heterocycles. The maximum absolute atomic E-state index is 11.7. The number of benzene rings is 1. The Morgan fingerprint density at radius 1 is 1.44 bits per heavy atom. The second kappa shape index (κ2) is 4.06. The van der Waals surface area contributed by atoms with E-state index in [4.69, 9.17) is 4.74 Å². The van der Waals surface area contributed by atoms with E-state index in [0.29, 0.717) is 23.3 Å². The lowest BCUT2D eigenvalue weighted by atomic mass is 9.93. The van der Waals surface area contributed by atoms with E-state index >= 15 is 0 Å². The number of carbonyl (C=O) groups excluding carboxylic acids is 2. The fraction of sp³-hybridized carbons (Fsp3) is 0.333. The number of Topliss-reactive ketones (excluding diaryl/α,β-unsaturated/α-hetero) is 2. The van der Waals surface area contributed by atoms with E-state index in [-0.39, 0.29) is 30.3 Å². The van der Waals surface area contributed by atoms with Crippen LogP contribution in [-0.2, 0) is 22.6 Å². The van der Waals surface area contributed by atoms with Crippen LogP contribution in [-0.4, -0.2) is 23.3 Å². The average Bonchev–Trinajstić information content (AvgIpc) is 2.15. The van der Waals surface area contributed by atoms with Crippen molar-refractivity contribution in [2.75, 3.05) is 6.61 Å². The van der Waals surface area contributed by atoms with Crippen LogP contribution in [0.2, 0.25) is 0 Å². The summed E-state index contributed by atoms with van der Waals surface area (Å²) in [4.78, 5) is 22.8. The summed E-state index contributed by atoms with van der Waals surface area (Å²) in [5.74, 6) is -0.0992. The molecule has 4 heteroatoms. The van der Waals surface area contributed by atoms with Gasteiger partial charge in [0.05, 0.1) is 6.61 Å². The lowest BCUT2D eigenvalue weighted by Crippen LogP contribution is -2.21. The summed E-state index contributed by atoms with van der Waals surface area (Å²) in [6, 6.07) is 2.99. The number of hydrogen-bond acceptors (Lipinski definition) is 4. The Labute approximate surface area is 92.8 Å². The van der Waals surface area contributed by atoms with Gasteiger partial charge < -0.3 is 9.84 Å². The standard InChI is InChI=1S/C12H12O4/c1-7(13)2-8-3-10(14)4-9-5-16-6-11(15)12(8)9/h3-4,14H,2,5-6H2,1H3. The zero-order chi connectivity index (χ0) is 11.7. The van der Waals surface area contributed by atoms with Crippen LogP contribution in [0.4, 0.5) is 0 Å². The normalized spacial score (nSPS) is 14.7. The van der Waals surface area contributed by atoms with Gasteiger partial charge in [0.2, 0.25) is 0 Å². The summed E-state index contributed by atoms with van der Waals surface area (Å²) >= 11 is 0. The maximum atomic E-state index is 11.7. The van der Waals surface area contributed by atoms with E-state index in [2.05, 4.69) is 0 Å². The van der Waals surface area contributed by atoms with E-state index in [1.807, 2.05) is 0 Å². The predicted octanol–water partition coefficient (Wildman–Crippen LogP) is 1.24. The molecular weight excluding hydrogens is 208 g/mol. The van der Waals surface area contributed by atoms with Gasteiger partial charge in [-0.05, 0) is 30.2 Å². The van der Waals surface area contributed by atoms with Crippen molar-refractivity contribution in [3.63, 3.8) is 0 Å². The summed E-state index contributed by atoms with van der Waals surface area (Å²) in [6.07, 6.45) is 0.169. The van der Waals surface area contributed by atoms with Crippen molar-refractivity contribution >= 4 is 11.6 Å². The van der Waals surface area contributed by atoms with Gasteiger partial charge in [-0.2, -0.15) is 0 Å². The van der Waals surface area contributed by atoms with E-state index < -0.39 is 0 Å². The summed E-state index contributed by atoms with van der Waals surface area (Å²) < 4.78 is 5.08. The Kier molecular flexibility index (Phi) is 2.75. The quantitative estimate of drug-likeness (QED) is 0.814. The van der Waals surface area contributed by atoms with Crippen molar-refractivity contribution in [2.45, 2.75) is 20.0 Å². The Balaban J connectivity index is 2.54. The number of ether oxygens (including phenoxy) is 1. The minimum absolute atomic E-state index is 0.0351. The average molecular weight is 220 g/mol. The molecule has 1 aromatic carbocycles. The molecule has 0 atom stereocenters. The van der Waals surface area contributed by atoms with Gasteiger partial charge in [-0.15, -0.1) is 0 Å². The molecular formula is C12H12O4. The molecule has 1 aliphatic heterocycles. The zero-order valence-electron chi connectivity index (χ0n) is 8.95. The largest absolute Gasteiger partial charge is 0.508 e. The molecule has 16 heavy (non-hydrogen) atoms. The minimum Gasteiger partial charge on any atom is -0.508 e. The third-order valence-corrected chi connectivity index (χ3v) is 2.50. The number of fused-ring (bicyclic) bond motifs is 1. The zero-order valence-corrected chi connectivity index (χ0v) is 8.95. The van der Waals surface area contributed by atoms with E-state index in [1.165, 1.54) is 19.1 Å². The van der Waals surface area contributed by atoms with Crippen LogP contribution in [0.25, 0.3) is 0 Å². The first-order valence-corrected chi connectivity index (χ1v) is 5.03. The number of rotatable bonds is 2. The Morgan fingerprint density at radius 2 is 2.19 bits per heavy atom. The molecule has 0 radical (unpaired) electrons. The fourth-order valence-electron chi connectivity index (χ4n) is 1.95. The number of aromatic hydroxyl groups is 1. The smallest absolute Gasteiger partial charge is 0.189 e. The van der Waals surface area contributed by atoms with E-state index in [9.17, 15) is 14.7 Å². The van der Waals surface area contributed by atoms with Crippen LogP contribution in [0, 0.1) is 0 Å². The van der Waals surface area contributed by atoms with Crippen molar-refractivity contribution in [1.29, 1.82) is 0 Å². The van der Waals surface area contributed by atoms with Gasteiger partial charge in [-0.3, -0.25) is 9.59 Å². The van der Waals surface area contributed by atoms with Crippen molar-refractivity contribution in [1.82, 2.24) is 0 Å². The second-order valence-electron chi connectivity index (χ2n) is 3.93. The lowest BCUT2D eigenvalue weighted by Gasteiger charge is -2.18. The van der Waals surface area contributed by atoms with Gasteiger partial charge in [0, 0.05) is 12.0 Å². The molecule has 0 bridgehead atoms. The second-order valence-corrected chi connectivity index (χ2v) is 3.93. The number of ketones is 2. The lowest BCUT2D eigenvalue weighted by molar-refractivity contribution is -0.116. The minimum atomic E-state index is -0.127. The Hall–Kier alpha value is -1.68. The third kappa shape index (κ3) is 1.97. The number of phenols is 1. The first-order valence-electron chi connectivity index (χ1n) is 5.03. The third-order valence-electron chi connectivity index (χ3n) is 2.50. The molecule has 1 heterocycles. The fourth-order valence-corrected chi connectivity index (χ4v) is 1.95. The van der Waals surface area contributed by atoms with Gasteiger partial charge in [0.25, 0.3) is 0 Å². The van der Waals surface area contributed by atoms with Crippen molar-refractivity contribution < 1.29 is 19.4 Å². The molecule has 84 valence electrons. The number of hydrogen-bond donors (Lipinski definition) is 1. The molecule has 0 saturated carbocycles. The van der Waals surface area contributed by atoms with Crippen LogP contribution < -0.4 is 0 Å². The number of phenolic OH excluding ortho intramolecular Hbond substituents is 1. The van der Waals surface area contributed by atoms with Crippen molar-refractivity contribution in [2.24, 2.45) is 0 Å². The Morgan fingerprint density at radius 3 is 2.88 bits per heavy atom. The monoisotopic (exact) mass is 220 g/mol. The van der Waals surface area contributed by atoms with Gasteiger partial charge in [-0.1, -0.05) is 0 Å². The first-order chi connectivity index (χ1) is 7.58. The van der Waals surface area contributed by atoms with Crippen LogP contribution >= 0.6 is 0 Å². The van der Waals surface area contributed by atoms with Gasteiger partial charge >= 0.3 is 0 Å². The highest BCUT2D eigenvalue weighted by Crippen LogP contribution is 2.26. The summed E-state index contributed by atoms with van der Waals surface area (Å²) in [5.41, 5.74) is 1.79. The van der Waals surface area contributed by atoms with Gasteiger partial charge in [0.1, 0.15) is 18.1 Å². The van der Waals surface area contributed by atoms with Gasteiger partial charge in [0.15, 0.2) is 5.78 Å². The van der Waals surface area contributed by atoms with Crippen LogP contribution in [0.1, 0.15) is 28.4 Å². The molecule has 0 fully saturated rings. The molecule has 1 N–H and O–H groups in total. The molecule has 1 aromatic rings. The van der Waals surface area contributed by atoms with Crippen molar-refractivity contribution in [3.8, 4) is 5.75 Å². The predicted molar refractivity (Wildman–Crippen MR) is 56.5 cm³/mol. The number of carbonyl (C=O) groups is 2. The first kappa shape index (κ1) is 10.8. The van der Waals surface area contributed by atoms with E-state index in [0.717, 1.165) is 0 Å². The van der Waals surface area contributed by atoms with Crippen LogP contribution in [0.3, 0.4) is 0 Å². The van der Waals surface area contributed by atoms with Gasteiger partial charge in [-0.25, -0.2) is 0 Å². The summed E-state index contributed by atoms with van der Waals surface area (Å²) in [6.45, 7) is 1.81. The van der Waals surface area contributed by atoms with Crippen molar-refractivity contribution in [3.05, 3.63) is 28.8 Å². The highest BCUT2D eigenvalue weighted by molar-refractivity contribution is 6.01. The van der Waals surface area contributed by atoms with Crippen LogP contribution in [0.5, 0.6) is 5.75 Å². The maximum Gasteiger partial charge on any atom is 0.189 e. The Bertz CT molecular complexity index is 462. The molecule has 0 spiro atoms. The topological polar surface area (TPSA) is 63.6 Å². The SMILES string of the molecule is CC(=O)Cc1cc(O)cc2c1C(=O)COC2.